The predicted octanol–water partition coefficient (Wildman–Crippen LogP) is 3.96. The topological polar surface area (TPSA) is 90.0 Å². The van der Waals surface area contributed by atoms with E-state index in [0.29, 0.717) is 17.7 Å². The first-order chi connectivity index (χ1) is 14.0. The minimum absolute atomic E-state index is 0. The predicted molar refractivity (Wildman–Crippen MR) is 104 cm³/mol. The number of imide groups is 1. The molecule has 0 aromatic heterocycles. The van der Waals surface area contributed by atoms with Gasteiger partial charge in [-0.2, -0.15) is 33.4 Å². The molecule has 0 saturated carbocycles. The molecule has 0 fully saturated rings. The minimum Gasteiger partial charge on any atom is -0.555 e. The summed E-state index contributed by atoms with van der Waals surface area (Å²) >= 11 is 1.35. The first kappa shape index (κ1) is 27.9. The maximum Gasteiger partial charge on any atom is 2.00 e. The molecule has 7 nitrogen and oxygen atoms in total. The van der Waals surface area contributed by atoms with Crippen molar-refractivity contribution in [2.24, 2.45) is 0 Å². The number of thioether (sulfide) groups is 1. The Bertz CT molecular complexity index is 1050. The van der Waals surface area contributed by atoms with Gasteiger partial charge in [-0.25, -0.2) is 7.11 Å². The van der Waals surface area contributed by atoms with E-state index in [1.165, 1.54) is 30.0 Å². The summed E-state index contributed by atoms with van der Waals surface area (Å²) in [5.41, 5.74) is -6.06. The van der Waals surface area contributed by atoms with E-state index in [4.69, 9.17) is 0 Å². The molecule has 1 aliphatic heterocycles. The number of carbonyl (C=O) groups excluding carboxylic acids is 2. The van der Waals surface area contributed by atoms with Crippen LogP contribution in [0.15, 0.2) is 35.2 Å². The number of carbonyl (C=O) groups is 2. The van der Waals surface area contributed by atoms with E-state index in [1.54, 1.807) is 12.1 Å². The quantitative estimate of drug-likeness (QED) is 0.202. The molecule has 31 heavy (non-hydrogen) atoms. The van der Waals surface area contributed by atoms with Crippen LogP contribution in [0.4, 0.5) is 13.2 Å². The molecule has 0 aliphatic carbocycles. The molecule has 0 atom stereocenters. The maximum atomic E-state index is 12.5. The first-order valence-electron chi connectivity index (χ1n) is 8.24. The SMILES string of the molecule is [CH2-]CSc1ccc2c3c(cccc13)C(=O)N(OS(=O)(=O)C(F)(F)F)C2=O.[CH2-]OCC.[U+2]. The Balaban J connectivity index is 0.000000885. The normalized spacial score (nSPS) is 13.5. The average Bonchev–Trinajstić information content (AvgIpc) is 2.69. The summed E-state index contributed by atoms with van der Waals surface area (Å²) in [5.74, 6) is -2.12. The maximum absolute atomic E-state index is 12.5. The molecule has 0 radical (unpaired) electrons. The van der Waals surface area contributed by atoms with Gasteiger partial charge >= 0.3 is 46.7 Å². The number of rotatable bonds is 5. The number of hydrogen-bond acceptors (Lipinski definition) is 7. The molecule has 0 bridgehead atoms. The fourth-order valence-corrected chi connectivity index (χ4v) is 3.62. The second-order valence-corrected chi connectivity index (χ2v) is 8.22. The van der Waals surface area contributed by atoms with Crippen LogP contribution < -0.4 is 0 Å². The summed E-state index contributed by atoms with van der Waals surface area (Å²) in [6.07, 6.45) is 0. The number of halogens is 3. The Morgan fingerprint density at radius 3 is 2.13 bits per heavy atom. The number of alkyl halides is 3. The summed E-state index contributed by atoms with van der Waals surface area (Å²) < 4.78 is 68.1. The molecule has 0 spiro atoms. The van der Waals surface area contributed by atoms with Gasteiger partial charge in [0.15, 0.2) is 0 Å². The van der Waals surface area contributed by atoms with Crippen molar-refractivity contribution < 1.29 is 71.3 Å². The van der Waals surface area contributed by atoms with E-state index in [0.717, 1.165) is 4.90 Å². The fourth-order valence-electron chi connectivity index (χ4n) is 2.49. The number of benzene rings is 2. The number of hydroxylamine groups is 2. The molecule has 0 unspecified atom stereocenters. The van der Waals surface area contributed by atoms with E-state index in [-0.39, 0.29) is 52.7 Å². The summed E-state index contributed by atoms with van der Waals surface area (Å²) in [5, 5.41) is 0.382. The molecule has 13 heteroatoms. The Labute approximate surface area is 205 Å². The van der Waals surface area contributed by atoms with E-state index >= 15 is 0 Å². The molecular weight excluding hydrogens is 685 g/mol. The molecule has 0 N–H and O–H groups in total. The van der Waals surface area contributed by atoms with E-state index in [2.05, 4.69) is 23.1 Å². The van der Waals surface area contributed by atoms with Crippen molar-refractivity contribution in [3.05, 3.63) is 55.5 Å². The molecule has 0 saturated heterocycles. The molecule has 2 aromatic carbocycles. The van der Waals surface area contributed by atoms with E-state index in [1.807, 2.05) is 6.92 Å². The number of hydrogen-bond donors (Lipinski definition) is 0. The molecule has 2 aromatic rings. The molecule has 3 rings (SSSR count). The average molecular weight is 701 g/mol. The second kappa shape index (κ2) is 11.2. The van der Waals surface area contributed by atoms with Crippen LogP contribution in [0.1, 0.15) is 27.6 Å². The monoisotopic (exact) mass is 701 g/mol. The zero-order valence-corrected chi connectivity index (χ0v) is 21.9. The molecule has 1 heterocycles. The Kier molecular flexibility index (Phi) is 10.1. The van der Waals surface area contributed by atoms with Crippen LogP contribution in [-0.2, 0) is 19.1 Å². The van der Waals surface area contributed by atoms with Crippen LogP contribution in [0, 0.1) is 45.1 Å². The molecular formula is C18H16F3NO6S2U. The minimum atomic E-state index is -6.18. The Morgan fingerprint density at radius 2 is 1.65 bits per heavy atom. The third-order valence-corrected chi connectivity index (χ3v) is 5.53. The smallest absolute Gasteiger partial charge is 0.555 e. The third-order valence-electron chi connectivity index (χ3n) is 3.75. The summed E-state index contributed by atoms with van der Waals surface area (Å²) in [4.78, 5) is 25.6. The fraction of sp³-hybridized carbons (Fsp3) is 0.222. The van der Waals surface area contributed by atoms with Gasteiger partial charge in [-0.15, -0.1) is 15.1 Å². The van der Waals surface area contributed by atoms with Gasteiger partial charge in [-0.3, -0.25) is 9.59 Å². The molecule has 1 aliphatic rings. The van der Waals surface area contributed by atoms with Crippen molar-refractivity contribution in [1.82, 2.24) is 5.06 Å². The first-order valence-corrected chi connectivity index (χ1v) is 10.6. The van der Waals surface area contributed by atoms with Crippen molar-refractivity contribution >= 4 is 44.5 Å². The van der Waals surface area contributed by atoms with Gasteiger partial charge in [0.05, 0.1) is 11.1 Å². The zero-order valence-electron chi connectivity index (χ0n) is 16.1. The van der Waals surface area contributed by atoms with Crippen LogP contribution in [-0.4, -0.2) is 43.2 Å². The van der Waals surface area contributed by atoms with Crippen LogP contribution in [0.5, 0.6) is 0 Å². The Hall–Kier alpha value is -1.10. The van der Waals surface area contributed by atoms with Gasteiger partial charge in [0.2, 0.25) is 0 Å². The molecule has 166 valence electrons. The Morgan fingerprint density at radius 1 is 1.10 bits per heavy atom. The van der Waals surface area contributed by atoms with Crippen LogP contribution >= 0.6 is 11.8 Å². The standard InChI is InChI=1S/C15H9F3NO5S2.C3H7O.U/c1-2-25-11-7-6-10-12-8(11)4-3-5-9(12)13(20)19(14(10)21)24-26(22,23)15(16,17)18;1-3-4-2;/h3-7H,1-2H2;2-3H2,1H3;/q2*-1;+2. The van der Waals surface area contributed by atoms with Crippen molar-refractivity contribution in [3.63, 3.8) is 0 Å². The molecule has 2 amide bonds. The van der Waals surface area contributed by atoms with Crippen molar-refractivity contribution in [1.29, 1.82) is 0 Å². The van der Waals surface area contributed by atoms with E-state index < -0.39 is 27.4 Å². The van der Waals surface area contributed by atoms with E-state index in [9.17, 15) is 31.2 Å². The van der Waals surface area contributed by atoms with Crippen LogP contribution in [0.2, 0.25) is 0 Å². The van der Waals surface area contributed by atoms with Gasteiger partial charge in [0.1, 0.15) is 0 Å². The van der Waals surface area contributed by atoms with Crippen molar-refractivity contribution in [3.8, 4) is 0 Å². The number of amides is 2. The van der Waals surface area contributed by atoms with Gasteiger partial charge < -0.3 is 11.7 Å². The number of nitrogens with zero attached hydrogens (tertiary/aromatic N) is 1. The third kappa shape index (κ3) is 5.83. The summed E-state index contributed by atoms with van der Waals surface area (Å²) in [6, 6.07) is 7.23. The zero-order chi connectivity index (χ0) is 22.7. The van der Waals surface area contributed by atoms with Crippen molar-refractivity contribution in [2.45, 2.75) is 17.3 Å². The summed E-state index contributed by atoms with van der Waals surface area (Å²) in [6.45, 7) is 6.30. The van der Waals surface area contributed by atoms with Crippen molar-refractivity contribution in [2.75, 3.05) is 12.4 Å². The van der Waals surface area contributed by atoms with Gasteiger partial charge in [0.25, 0.3) is 11.8 Å². The number of ether oxygens (including phenoxy) is 1. The second-order valence-electron chi connectivity index (χ2n) is 5.56. The largest absolute Gasteiger partial charge is 2.00 e. The van der Waals surface area contributed by atoms with Crippen LogP contribution in [0.25, 0.3) is 10.8 Å². The van der Waals surface area contributed by atoms with Crippen LogP contribution in [0.3, 0.4) is 0 Å². The van der Waals surface area contributed by atoms with Gasteiger partial charge in [0, 0.05) is 16.9 Å². The van der Waals surface area contributed by atoms with Gasteiger partial charge in [-0.05, 0) is 30.5 Å². The van der Waals surface area contributed by atoms with Gasteiger partial charge in [-0.1, -0.05) is 12.1 Å². The summed E-state index contributed by atoms with van der Waals surface area (Å²) in [7, 11) is -3.08.